The molecule has 0 unspecified atom stereocenters. The molecule has 23 aromatic rings. The van der Waals surface area contributed by atoms with Gasteiger partial charge < -0.3 is 28.8 Å². The van der Waals surface area contributed by atoms with Crippen LogP contribution in [0.1, 0.15) is 158 Å². The lowest BCUT2D eigenvalue weighted by Gasteiger charge is -2.30. The van der Waals surface area contributed by atoms with Gasteiger partial charge in [0.2, 0.25) is 0 Å². The summed E-state index contributed by atoms with van der Waals surface area (Å²) in [6.07, 6.45) is 0. The second-order valence-electron chi connectivity index (χ2n) is 43.3. The number of halogens is 2. The van der Waals surface area contributed by atoms with E-state index in [0.29, 0.717) is 0 Å². The summed E-state index contributed by atoms with van der Waals surface area (Å²) in [6.45, 7) is 41.7. The quantitative estimate of drug-likeness (QED) is 0.131. The molecule has 0 aliphatic heterocycles. The minimum atomic E-state index is -0.0358. The van der Waals surface area contributed by atoms with Gasteiger partial charge in [0.1, 0.15) is 0 Å². The Morgan fingerprint density at radius 1 is 0.206 bits per heavy atom. The first kappa shape index (κ1) is 88.8. The summed E-state index contributed by atoms with van der Waals surface area (Å²) in [5.41, 5.74) is 27.8. The van der Waals surface area contributed by atoms with Gasteiger partial charge in [0.05, 0.1) is 55.8 Å². The van der Waals surface area contributed by atoms with Crippen LogP contribution in [0.2, 0.25) is 0 Å². The molecule has 136 heavy (non-hydrogen) atoms. The van der Waals surface area contributed by atoms with E-state index in [4.69, 9.17) is 0 Å². The molecule has 0 amide bonds. The fourth-order valence-corrected chi connectivity index (χ4v) is 21.6. The van der Waals surface area contributed by atoms with E-state index >= 15 is 0 Å². The molecule has 0 spiro atoms. The van der Waals surface area contributed by atoms with Gasteiger partial charge in [0, 0.05) is 91.8 Å². The molecular weight excluding hydrogens is 1780 g/mol. The Balaban J connectivity index is 0.000000171. The standard InChI is InChI=1S/C80H74N4.C32H34N2.C16H8Br2/c1-77(2,3)53-45-54(78(4,5)6)48-59(47-53)83-65-31-21-19-29-61(65)75-69(33-23-35-71(75)83)81(57-25-15-13-16-26-57)67-43-39-51-38-42-64-68(44-40-52-37-41-63(67)73(51)74(52)64)82(58-27-17-14-18-28-58)70-34-24-36-72-76(70)62-30-20-22-32-66(62)84(72)60-49-55(79(7,8)9)46-56(50-60)80(10,11)12;1-31(2,3)22-19-23(32(4,5)6)21-25(20-22)34-28-17-11-10-15-26(28)30-27(16-12-18-29(30)34)33-24-13-8-7-9-14-24;17-13-8-4-10-2-6-12-14(18)7-3-9-1-5-11(13)16(10)15(9)12/h13-50H,1-12H3;7-21,33H,1-6H3;1-8H. The molecule has 0 atom stereocenters. The van der Waals surface area contributed by atoms with E-state index in [1.165, 1.54) is 180 Å². The Morgan fingerprint density at radius 3 is 0.809 bits per heavy atom. The second kappa shape index (κ2) is 33.6. The minimum Gasteiger partial charge on any atom is -0.355 e. The second-order valence-corrected chi connectivity index (χ2v) is 45.1. The van der Waals surface area contributed by atoms with E-state index in [9.17, 15) is 0 Å². The molecule has 0 radical (unpaired) electrons. The summed E-state index contributed by atoms with van der Waals surface area (Å²) in [5.74, 6) is 0. The van der Waals surface area contributed by atoms with Crippen molar-refractivity contribution in [2.24, 2.45) is 0 Å². The van der Waals surface area contributed by atoms with Crippen molar-refractivity contribution in [2.75, 3.05) is 15.1 Å². The van der Waals surface area contributed by atoms with Crippen molar-refractivity contribution in [3.05, 3.63) is 412 Å². The van der Waals surface area contributed by atoms with Gasteiger partial charge in [-0.3, -0.25) is 0 Å². The first-order chi connectivity index (χ1) is 65.1. The lowest BCUT2D eigenvalue weighted by Crippen LogP contribution is -2.17. The van der Waals surface area contributed by atoms with Crippen LogP contribution in [-0.2, 0) is 32.5 Å². The van der Waals surface area contributed by atoms with Crippen molar-refractivity contribution in [1.29, 1.82) is 0 Å². The van der Waals surface area contributed by atoms with Gasteiger partial charge in [0.25, 0.3) is 0 Å². The van der Waals surface area contributed by atoms with Crippen LogP contribution >= 0.6 is 31.9 Å². The van der Waals surface area contributed by atoms with E-state index < -0.39 is 0 Å². The average molecular weight is 1900 g/mol. The number of hydrogen-bond donors (Lipinski definition) is 1. The van der Waals surface area contributed by atoms with Crippen molar-refractivity contribution in [3.8, 4) is 17.1 Å². The molecule has 3 heterocycles. The fraction of sp³-hybridized carbons (Fsp3) is 0.188. The lowest BCUT2D eigenvalue weighted by atomic mass is 9.80. The molecular formula is C128H116Br2N6. The number of para-hydroxylation sites is 6. The summed E-state index contributed by atoms with van der Waals surface area (Å²) in [7, 11) is 0. The summed E-state index contributed by atoms with van der Waals surface area (Å²) in [4.78, 5) is 5.04. The molecule has 1 N–H and O–H groups in total. The highest BCUT2D eigenvalue weighted by Crippen LogP contribution is 2.54. The molecule has 8 heteroatoms. The molecule has 0 aliphatic rings. The third-order valence-corrected chi connectivity index (χ3v) is 29.4. The fourth-order valence-electron chi connectivity index (χ4n) is 20.7. The largest absolute Gasteiger partial charge is 0.355 e. The Morgan fingerprint density at radius 2 is 0.471 bits per heavy atom. The molecule has 0 aliphatic carbocycles. The van der Waals surface area contributed by atoms with Crippen molar-refractivity contribution >= 4 is 207 Å². The lowest BCUT2D eigenvalue weighted by molar-refractivity contribution is 0.567. The van der Waals surface area contributed by atoms with Crippen LogP contribution in [0.15, 0.2) is 379 Å². The molecule has 3 aromatic heterocycles. The third-order valence-electron chi connectivity index (χ3n) is 28.0. The van der Waals surface area contributed by atoms with Crippen LogP contribution in [0, 0.1) is 0 Å². The normalized spacial score (nSPS) is 12.6. The summed E-state index contributed by atoms with van der Waals surface area (Å²) >= 11 is 7.30. The van der Waals surface area contributed by atoms with E-state index in [2.05, 4.69) is 549 Å². The first-order valence-corrected chi connectivity index (χ1v) is 49.5. The molecule has 0 saturated carbocycles. The number of benzene rings is 20. The number of nitrogens with zero attached hydrogens (tertiary/aromatic N) is 5. The van der Waals surface area contributed by atoms with Crippen LogP contribution in [0.5, 0.6) is 0 Å². The SMILES string of the molecule is Brc1ccc2ccc3c(Br)ccc4ccc1c2c43.CC(C)(C)c1cc(-n2c3ccccc3c3c(N(c4ccccc4)c4ccc5ccc6c(N(c7ccccc7)c7cccc8c7c7ccccc7n8-c7cc(C(C)(C)C)cc(C(C)(C)C)c7)ccc7ccc4c5c76)cccc32)cc(C(C)(C)C)c1.CC(C)(C)c1cc(-n2c3ccccc3c3c(Nc4ccccc4)cccc32)cc(C(C)(C)C)c1. The van der Waals surface area contributed by atoms with E-state index in [-0.39, 0.29) is 32.5 Å². The van der Waals surface area contributed by atoms with Gasteiger partial charge in [-0.05, 0) is 271 Å². The van der Waals surface area contributed by atoms with Gasteiger partial charge in [-0.1, -0.05) is 375 Å². The molecule has 23 rings (SSSR count). The highest BCUT2D eigenvalue weighted by atomic mass is 79.9. The molecule has 6 nitrogen and oxygen atoms in total. The van der Waals surface area contributed by atoms with Crippen LogP contribution in [0.4, 0.5) is 45.5 Å². The minimum absolute atomic E-state index is 0.0358. The van der Waals surface area contributed by atoms with Crippen molar-refractivity contribution in [3.63, 3.8) is 0 Å². The zero-order valence-corrected chi connectivity index (χ0v) is 84.4. The van der Waals surface area contributed by atoms with Gasteiger partial charge in [-0.2, -0.15) is 0 Å². The first-order valence-electron chi connectivity index (χ1n) is 47.9. The van der Waals surface area contributed by atoms with Gasteiger partial charge in [0.15, 0.2) is 0 Å². The number of nitrogens with one attached hydrogen (secondary N) is 1. The van der Waals surface area contributed by atoms with Crippen LogP contribution in [-0.4, -0.2) is 13.7 Å². The molecule has 20 aromatic carbocycles. The maximum absolute atomic E-state index is 3.66. The average Bonchev–Trinajstić information content (AvgIpc) is 1.02. The smallest absolute Gasteiger partial charge is 0.0562 e. The van der Waals surface area contributed by atoms with Crippen molar-refractivity contribution in [1.82, 2.24) is 13.7 Å². The summed E-state index contributed by atoms with van der Waals surface area (Å²) in [6, 6.07) is 137. The summed E-state index contributed by atoms with van der Waals surface area (Å²) < 4.78 is 9.77. The number of aromatic nitrogens is 3. The summed E-state index contributed by atoms with van der Waals surface area (Å²) in [5, 5.41) is 26.2. The number of fused-ring (bicyclic) bond motifs is 9. The zero-order chi connectivity index (χ0) is 94.6. The van der Waals surface area contributed by atoms with Crippen molar-refractivity contribution in [2.45, 2.75) is 157 Å². The van der Waals surface area contributed by atoms with Crippen LogP contribution in [0.3, 0.4) is 0 Å². The van der Waals surface area contributed by atoms with Crippen LogP contribution < -0.4 is 15.1 Å². The Labute approximate surface area is 816 Å². The van der Waals surface area contributed by atoms with Gasteiger partial charge >= 0.3 is 0 Å². The Kier molecular flexibility index (Phi) is 22.0. The van der Waals surface area contributed by atoms with Gasteiger partial charge in [-0.25, -0.2) is 0 Å². The third kappa shape index (κ3) is 15.8. The maximum Gasteiger partial charge on any atom is 0.0562 e. The number of anilines is 8. The number of rotatable bonds is 11. The molecule has 672 valence electrons. The maximum atomic E-state index is 3.66. The van der Waals surface area contributed by atoms with E-state index in [0.717, 1.165) is 54.4 Å². The zero-order valence-electron chi connectivity index (χ0n) is 81.2. The van der Waals surface area contributed by atoms with Gasteiger partial charge in [-0.15, -0.1) is 0 Å². The van der Waals surface area contributed by atoms with E-state index in [1.807, 2.05) is 6.07 Å². The monoisotopic (exact) mass is 1890 g/mol. The predicted octanol–water partition coefficient (Wildman–Crippen LogP) is 38.1. The van der Waals surface area contributed by atoms with Crippen LogP contribution in [0.25, 0.3) is 147 Å². The number of hydrogen-bond acceptors (Lipinski definition) is 3. The Hall–Kier alpha value is -13.8. The molecule has 0 saturated heterocycles. The highest BCUT2D eigenvalue weighted by molar-refractivity contribution is 9.11. The van der Waals surface area contributed by atoms with Crippen molar-refractivity contribution < 1.29 is 0 Å². The molecule has 0 fully saturated rings. The topological polar surface area (TPSA) is 33.3 Å². The van der Waals surface area contributed by atoms with E-state index in [1.54, 1.807) is 0 Å². The molecule has 0 bridgehead atoms. The predicted molar refractivity (Wildman–Crippen MR) is 596 cm³/mol. The highest BCUT2D eigenvalue weighted by Gasteiger charge is 2.32. The Bertz CT molecular complexity index is 8100.